The van der Waals surface area contributed by atoms with Crippen LogP contribution in [0, 0.1) is 5.92 Å². The van der Waals surface area contributed by atoms with Crippen molar-refractivity contribution in [2.24, 2.45) is 5.92 Å². The Bertz CT molecular complexity index is 596. The fourth-order valence-corrected chi connectivity index (χ4v) is 3.71. The van der Waals surface area contributed by atoms with Crippen molar-refractivity contribution in [3.05, 3.63) is 24.3 Å². The quantitative estimate of drug-likeness (QED) is 0.860. The van der Waals surface area contributed by atoms with Gasteiger partial charge in [0.25, 0.3) is 0 Å². The predicted molar refractivity (Wildman–Crippen MR) is 88.5 cm³/mol. The number of rotatable bonds is 3. The van der Waals surface area contributed by atoms with E-state index < -0.39 is 0 Å². The summed E-state index contributed by atoms with van der Waals surface area (Å²) in [5.74, 6) is 0.988. The van der Waals surface area contributed by atoms with Crippen molar-refractivity contribution >= 4 is 17.5 Å². The van der Waals surface area contributed by atoms with Gasteiger partial charge >= 0.3 is 0 Å². The zero-order valence-electron chi connectivity index (χ0n) is 13.8. The lowest BCUT2D eigenvalue weighted by Gasteiger charge is -2.40. The van der Waals surface area contributed by atoms with Crippen LogP contribution in [0.25, 0.3) is 0 Å². The minimum absolute atomic E-state index is 0.0247. The number of carbonyl (C=O) groups excluding carboxylic acids is 2. The van der Waals surface area contributed by atoms with E-state index in [1.54, 1.807) is 16.9 Å². The first-order chi connectivity index (χ1) is 11.1. The molecule has 1 aromatic rings. The normalized spacial score (nSPS) is 22.5. The summed E-state index contributed by atoms with van der Waals surface area (Å²) in [6.07, 6.45) is 4.20. The summed E-state index contributed by atoms with van der Waals surface area (Å²) < 4.78 is 5.24. The first-order valence-electron chi connectivity index (χ1n) is 8.35. The topological polar surface area (TPSA) is 49.9 Å². The Balaban J connectivity index is 1.74. The third-order valence-electron chi connectivity index (χ3n) is 4.87. The molecular formula is C18H24N2O3. The van der Waals surface area contributed by atoms with Gasteiger partial charge in [0.15, 0.2) is 0 Å². The van der Waals surface area contributed by atoms with E-state index in [9.17, 15) is 9.59 Å². The van der Waals surface area contributed by atoms with E-state index in [1.165, 1.54) is 0 Å². The van der Waals surface area contributed by atoms with Gasteiger partial charge in [-0.15, -0.1) is 0 Å². The molecule has 0 bridgehead atoms. The lowest BCUT2D eigenvalue weighted by Crippen LogP contribution is -2.57. The maximum Gasteiger partial charge on any atom is 0.246 e. The molecule has 23 heavy (non-hydrogen) atoms. The summed E-state index contributed by atoms with van der Waals surface area (Å²) in [6.45, 7) is 2.76. The van der Waals surface area contributed by atoms with E-state index >= 15 is 0 Å². The van der Waals surface area contributed by atoms with E-state index in [1.807, 2.05) is 31.2 Å². The zero-order chi connectivity index (χ0) is 16.4. The predicted octanol–water partition coefficient (Wildman–Crippen LogP) is 2.45. The highest BCUT2D eigenvalue weighted by atomic mass is 16.5. The van der Waals surface area contributed by atoms with E-state index in [2.05, 4.69) is 0 Å². The molecule has 5 nitrogen and oxygen atoms in total. The SMILES string of the molecule is COc1cccc(N2C(=O)CN(C(=O)C3CCCC3)C[C@H]2C)c1. The molecule has 1 atom stereocenters. The number of anilines is 1. The summed E-state index contributed by atoms with van der Waals surface area (Å²) >= 11 is 0. The van der Waals surface area contributed by atoms with Crippen LogP contribution in [0.15, 0.2) is 24.3 Å². The van der Waals surface area contributed by atoms with E-state index in [0.29, 0.717) is 6.54 Å². The fourth-order valence-electron chi connectivity index (χ4n) is 3.71. The molecule has 2 fully saturated rings. The molecule has 0 N–H and O–H groups in total. The number of hydrogen-bond donors (Lipinski definition) is 0. The number of methoxy groups -OCH3 is 1. The molecule has 1 saturated heterocycles. The molecule has 0 unspecified atom stereocenters. The van der Waals surface area contributed by atoms with Gasteiger partial charge < -0.3 is 14.5 Å². The third-order valence-corrected chi connectivity index (χ3v) is 4.87. The summed E-state index contributed by atoms with van der Waals surface area (Å²) in [7, 11) is 1.61. The Hall–Kier alpha value is -2.04. The number of amides is 2. The molecule has 2 amide bonds. The maximum atomic E-state index is 12.6. The first kappa shape index (κ1) is 15.8. The average molecular weight is 316 g/mol. The van der Waals surface area contributed by atoms with Crippen molar-refractivity contribution in [1.29, 1.82) is 0 Å². The standard InChI is InChI=1S/C18H24N2O3/c1-13-11-19(18(22)14-6-3-4-7-14)12-17(21)20(13)15-8-5-9-16(10-15)23-2/h5,8-10,13-14H,3-4,6-7,11-12H2,1-2H3/t13-/m1/s1. The highest BCUT2D eigenvalue weighted by Crippen LogP contribution is 2.29. The lowest BCUT2D eigenvalue weighted by atomic mass is 10.0. The van der Waals surface area contributed by atoms with E-state index in [4.69, 9.17) is 4.74 Å². The molecule has 124 valence electrons. The Morgan fingerprint density at radius 3 is 2.65 bits per heavy atom. The minimum atomic E-state index is -0.0336. The number of carbonyl (C=O) groups is 2. The molecule has 5 heteroatoms. The number of piperazine rings is 1. The van der Waals surface area contributed by atoms with Gasteiger partial charge in [-0.05, 0) is 31.9 Å². The summed E-state index contributed by atoms with van der Waals surface area (Å²) in [6, 6.07) is 7.48. The van der Waals surface area contributed by atoms with Crippen LogP contribution >= 0.6 is 0 Å². The molecule has 1 aliphatic carbocycles. The highest BCUT2D eigenvalue weighted by molar-refractivity contribution is 5.98. The van der Waals surface area contributed by atoms with E-state index in [0.717, 1.165) is 37.1 Å². The van der Waals surface area contributed by atoms with Crippen molar-refractivity contribution in [3.8, 4) is 5.75 Å². The molecule has 1 aromatic carbocycles. The van der Waals surface area contributed by atoms with Crippen LogP contribution < -0.4 is 9.64 Å². The minimum Gasteiger partial charge on any atom is -0.497 e. The van der Waals surface area contributed by atoms with Gasteiger partial charge in [0.2, 0.25) is 11.8 Å². The lowest BCUT2D eigenvalue weighted by molar-refractivity contribution is -0.140. The molecule has 3 rings (SSSR count). The second kappa shape index (κ2) is 6.60. The van der Waals surface area contributed by atoms with Crippen LogP contribution in [0.3, 0.4) is 0 Å². The molecule has 0 radical (unpaired) electrons. The molecule has 1 aliphatic heterocycles. The van der Waals surface area contributed by atoms with Gasteiger partial charge in [-0.3, -0.25) is 9.59 Å². The monoisotopic (exact) mass is 316 g/mol. The van der Waals surface area contributed by atoms with Gasteiger partial charge in [-0.2, -0.15) is 0 Å². The Labute approximate surface area is 137 Å². The van der Waals surface area contributed by atoms with Crippen molar-refractivity contribution < 1.29 is 14.3 Å². The average Bonchev–Trinajstić information content (AvgIpc) is 3.08. The smallest absolute Gasteiger partial charge is 0.246 e. The zero-order valence-corrected chi connectivity index (χ0v) is 13.8. The van der Waals surface area contributed by atoms with Crippen molar-refractivity contribution in [3.63, 3.8) is 0 Å². The summed E-state index contributed by atoms with van der Waals surface area (Å²) in [4.78, 5) is 28.7. The van der Waals surface area contributed by atoms with Gasteiger partial charge in [-0.25, -0.2) is 0 Å². The Morgan fingerprint density at radius 2 is 2.00 bits per heavy atom. The van der Waals surface area contributed by atoms with E-state index in [-0.39, 0.29) is 30.3 Å². The Kier molecular flexibility index (Phi) is 4.55. The maximum absolute atomic E-state index is 12.6. The number of benzene rings is 1. The van der Waals surface area contributed by atoms with Crippen LogP contribution in [0.2, 0.25) is 0 Å². The van der Waals surface area contributed by atoms with Gasteiger partial charge in [-0.1, -0.05) is 18.9 Å². The van der Waals surface area contributed by atoms with Crippen LogP contribution in [-0.2, 0) is 9.59 Å². The Morgan fingerprint density at radius 1 is 1.26 bits per heavy atom. The molecular weight excluding hydrogens is 292 g/mol. The number of nitrogens with zero attached hydrogens (tertiary/aromatic N) is 2. The van der Waals surface area contributed by atoms with Crippen molar-refractivity contribution in [2.75, 3.05) is 25.1 Å². The van der Waals surface area contributed by atoms with Crippen LogP contribution in [-0.4, -0.2) is 43.0 Å². The molecule has 2 aliphatic rings. The second-order valence-corrected chi connectivity index (χ2v) is 6.51. The molecule has 1 heterocycles. The molecule has 1 saturated carbocycles. The third kappa shape index (κ3) is 3.19. The van der Waals surface area contributed by atoms with Gasteiger partial charge in [0.05, 0.1) is 13.2 Å². The number of hydrogen-bond acceptors (Lipinski definition) is 3. The fraction of sp³-hybridized carbons (Fsp3) is 0.556. The first-order valence-corrected chi connectivity index (χ1v) is 8.35. The van der Waals surface area contributed by atoms with Crippen molar-refractivity contribution in [1.82, 2.24) is 4.90 Å². The van der Waals surface area contributed by atoms with Gasteiger partial charge in [0.1, 0.15) is 12.3 Å². The van der Waals surface area contributed by atoms with Crippen LogP contribution in [0.5, 0.6) is 5.75 Å². The summed E-state index contributed by atoms with van der Waals surface area (Å²) in [5.41, 5.74) is 0.829. The summed E-state index contributed by atoms with van der Waals surface area (Å²) in [5, 5.41) is 0. The molecule has 0 spiro atoms. The van der Waals surface area contributed by atoms with Gasteiger partial charge in [0, 0.05) is 24.2 Å². The number of ether oxygens (including phenoxy) is 1. The van der Waals surface area contributed by atoms with Crippen LogP contribution in [0.4, 0.5) is 5.69 Å². The van der Waals surface area contributed by atoms with Crippen LogP contribution in [0.1, 0.15) is 32.6 Å². The molecule has 0 aromatic heterocycles. The highest BCUT2D eigenvalue weighted by Gasteiger charge is 2.36. The van der Waals surface area contributed by atoms with Crippen molar-refractivity contribution in [2.45, 2.75) is 38.6 Å². The largest absolute Gasteiger partial charge is 0.497 e. The second-order valence-electron chi connectivity index (χ2n) is 6.51.